The van der Waals surface area contributed by atoms with E-state index in [4.69, 9.17) is 5.73 Å². The number of aryl methyl sites for hydroxylation is 1. The first-order chi connectivity index (χ1) is 11.2. The van der Waals surface area contributed by atoms with Crippen LogP contribution in [0.2, 0.25) is 0 Å². The first kappa shape index (κ1) is 23.5. The normalized spacial score (nSPS) is 12.0. The lowest BCUT2D eigenvalue weighted by molar-refractivity contribution is 0.531. The average Bonchev–Trinajstić information content (AvgIpc) is 2.59. The number of hydrogen-bond acceptors (Lipinski definition) is 1. The molecule has 1 unspecified atom stereocenters. The van der Waals surface area contributed by atoms with E-state index in [0.717, 1.165) is 19.3 Å². The maximum atomic E-state index is 6.49. The van der Waals surface area contributed by atoms with Crippen LogP contribution in [0.1, 0.15) is 108 Å². The third-order valence-electron chi connectivity index (χ3n) is 5.06. The number of hydrogen-bond donors (Lipinski definition) is 1. The van der Waals surface area contributed by atoms with Crippen molar-refractivity contribution in [2.75, 3.05) is 0 Å². The summed E-state index contributed by atoms with van der Waals surface area (Å²) in [5.41, 5.74) is 10.9. The molecule has 0 amide bonds. The molecule has 1 rings (SSSR count). The molecule has 0 bridgehead atoms. The van der Waals surface area contributed by atoms with Gasteiger partial charge < -0.3 is 5.73 Å². The van der Waals surface area contributed by atoms with Crippen LogP contribution in [0.5, 0.6) is 0 Å². The topological polar surface area (TPSA) is 26.0 Å². The highest BCUT2D eigenvalue weighted by Crippen LogP contribution is 2.25. The lowest BCUT2D eigenvalue weighted by Gasteiger charge is -2.18. The second-order valence-electron chi connectivity index (χ2n) is 6.92. The van der Waals surface area contributed by atoms with E-state index >= 15 is 0 Å². The molecular formula is C22H40ClN. The number of nitrogens with two attached hydrogens (primary N) is 1. The van der Waals surface area contributed by atoms with E-state index in [9.17, 15) is 0 Å². The predicted octanol–water partition coefficient (Wildman–Crippen LogP) is 7.15. The van der Waals surface area contributed by atoms with Crippen molar-refractivity contribution in [3.8, 4) is 0 Å². The lowest BCUT2D eigenvalue weighted by Crippen LogP contribution is -2.13. The van der Waals surface area contributed by atoms with Crippen LogP contribution in [-0.2, 0) is 12.8 Å². The summed E-state index contributed by atoms with van der Waals surface area (Å²) in [6.07, 6.45) is 15.8. The van der Waals surface area contributed by atoms with Gasteiger partial charge in [0.05, 0.1) is 0 Å². The Morgan fingerprint density at radius 3 is 1.92 bits per heavy atom. The summed E-state index contributed by atoms with van der Waals surface area (Å²) in [5.74, 6) is 0. The third-order valence-corrected chi connectivity index (χ3v) is 5.06. The molecule has 0 spiro atoms. The van der Waals surface area contributed by atoms with Crippen molar-refractivity contribution in [3.05, 3.63) is 34.9 Å². The SMILES string of the molecule is CCCCCCCCCCCC(N)c1cccc(CC)c1CC.Cl. The highest BCUT2D eigenvalue weighted by atomic mass is 35.5. The Labute approximate surface area is 157 Å². The van der Waals surface area contributed by atoms with Gasteiger partial charge in [0, 0.05) is 6.04 Å². The molecule has 0 aliphatic rings. The standard InChI is InChI=1S/C22H39N.ClH/c1-4-7-8-9-10-11-12-13-14-18-22(23)21-17-15-16-19(5-2)20(21)6-3;/h15-17,22H,4-14,18,23H2,1-3H3;1H. The number of halogens is 1. The smallest absolute Gasteiger partial charge is 0.0297 e. The van der Waals surface area contributed by atoms with E-state index in [1.807, 2.05) is 0 Å². The first-order valence-electron chi connectivity index (χ1n) is 10.1. The molecule has 0 radical (unpaired) electrons. The van der Waals surface area contributed by atoms with Gasteiger partial charge in [0.15, 0.2) is 0 Å². The Morgan fingerprint density at radius 1 is 0.792 bits per heavy atom. The van der Waals surface area contributed by atoms with Gasteiger partial charge in [-0.05, 0) is 36.0 Å². The van der Waals surface area contributed by atoms with Gasteiger partial charge in [-0.2, -0.15) is 0 Å². The Balaban J connectivity index is 0.00000529. The van der Waals surface area contributed by atoms with Crippen molar-refractivity contribution in [2.24, 2.45) is 5.73 Å². The lowest BCUT2D eigenvalue weighted by atomic mass is 9.91. The van der Waals surface area contributed by atoms with E-state index in [2.05, 4.69) is 39.0 Å². The van der Waals surface area contributed by atoms with Crippen molar-refractivity contribution in [1.29, 1.82) is 0 Å². The van der Waals surface area contributed by atoms with E-state index in [1.165, 1.54) is 74.5 Å². The van der Waals surface area contributed by atoms with E-state index in [-0.39, 0.29) is 18.4 Å². The van der Waals surface area contributed by atoms with Gasteiger partial charge in [0.1, 0.15) is 0 Å². The minimum Gasteiger partial charge on any atom is -0.324 e. The molecule has 0 aliphatic carbocycles. The molecular weight excluding hydrogens is 314 g/mol. The second-order valence-corrected chi connectivity index (χ2v) is 6.92. The maximum Gasteiger partial charge on any atom is 0.0297 e. The molecule has 24 heavy (non-hydrogen) atoms. The molecule has 1 aromatic rings. The predicted molar refractivity (Wildman–Crippen MR) is 111 cm³/mol. The summed E-state index contributed by atoms with van der Waals surface area (Å²) in [7, 11) is 0. The molecule has 1 nitrogen and oxygen atoms in total. The maximum absolute atomic E-state index is 6.49. The van der Waals surface area contributed by atoms with Crippen LogP contribution in [0.4, 0.5) is 0 Å². The van der Waals surface area contributed by atoms with Crippen molar-refractivity contribution in [1.82, 2.24) is 0 Å². The zero-order valence-electron chi connectivity index (χ0n) is 16.3. The van der Waals surface area contributed by atoms with Crippen LogP contribution in [0.25, 0.3) is 0 Å². The van der Waals surface area contributed by atoms with Crippen LogP contribution in [-0.4, -0.2) is 0 Å². The summed E-state index contributed by atoms with van der Waals surface area (Å²) in [5, 5.41) is 0. The summed E-state index contributed by atoms with van der Waals surface area (Å²) in [6, 6.07) is 6.91. The molecule has 0 aliphatic heterocycles. The van der Waals surface area contributed by atoms with Gasteiger partial charge in [-0.1, -0.05) is 96.8 Å². The van der Waals surface area contributed by atoms with Gasteiger partial charge in [-0.3, -0.25) is 0 Å². The number of benzene rings is 1. The molecule has 140 valence electrons. The highest BCUT2D eigenvalue weighted by Gasteiger charge is 2.12. The largest absolute Gasteiger partial charge is 0.324 e. The van der Waals surface area contributed by atoms with Crippen molar-refractivity contribution in [2.45, 2.75) is 104 Å². The van der Waals surface area contributed by atoms with E-state index in [0.29, 0.717) is 0 Å². The molecule has 0 fully saturated rings. The number of unbranched alkanes of at least 4 members (excludes halogenated alkanes) is 8. The third kappa shape index (κ3) is 8.53. The van der Waals surface area contributed by atoms with Crippen LogP contribution >= 0.6 is 12.4 Å². The van der Waals surface area contributed by atoms with Crippen LogP contribution in [0.3, 0.4) is 0 Å². The van der Waals surface area contributed by atoms with Crippen molar-refractivity contribution in [3.63, 3.8) is 0 Å². The first-order valence-corrected chi connectivity index (χ1v) is 10.1. The highest BCUT2D eigenvalue weighted by molar-refractivity contribution is 5.85. The minimum atomic E-state index is 0. The van der Waals surface area contributed by atoms with Gasteiger partial charge in [0.25, 0.3) is 0 Å². The molecule has 1 aromatic carbocycles. The average molecular weight is 354 g/mol. The molecule has 2 heteroatoms. The molecule has 0 heterocycles. The van der Waals surface area contributed by atoms with Gasteiger partial charge in [0.2, 0.25) is 0 Å². The van der Waals surface area contributed by atoms with Crippen LogP contribution in [0.15, 0.2) is 18.2 Å². The summed E-state index contributed by atoms with van der Waals surface area (Å²) >= 11 is 0. The quantitative estimate of drug-likeness (QED) is 0.374. The Kier molecular flexibility index (Phi) is 14.5. The fraction of sp³-hybridized carbons (Fsp3) is 0.727. The van der Waals surface area contributed by atoms with Gasteiger partial charge in [-0.15, -0.1) is 12.4 Å². The van der Waals surface area contributed by atoms with Crippen LogP contribution < -0.4 is 5.73 Å². The van der Waals surface area contributed by atoms with Crippen LogP contribution in [0, 0.1) is 0 Å². The summed E-state index contributed by atoms with van der Waals surface area (Å²) in [4.78, 5) is 0. The van der Waals surface area contributed by atoms with Gasteiger partial charge >= 0.3 is 0 Å². The molecule has 0 saturated heterocycles. The second kappa shape index (κ2) is 14.8. The molecule has 1 atom stereocenters. The molecule has 2 N–H and O–H groups in total. The van der Waals surface area contributed by atoms with Crippen molar-refractivity contribution < 1.29 is 0 Å². The molecule has 0 saturated carbocycles. The van der Waals surface area contributed by atoms with Gasteiger partial charge in [-0.25, -0.2) is 0 Å². The molecule has 0 aromatic heterocycles. The summed E-state index contributed by atoms with van der Waals surface area (Å²) in [6.45, 7) is 6.77. The fourth-order valence-electron chi connectivity index (χ4n) is 3.59. The zero-order valence-corrected chi connectivity index (χ0v) is 17.1. The minimum absolute atomic E-state index is 0. The summed E-state index contributed by atoms with van der Waals surface area (Å²) < 4.78 is 0. The Bertz CT molecular complexity index is 416. The fourth-order valence-corrected chi connectivity index (χ4v) is 3.59. The Morgan fingerprint density at radius 2 is 1.38 bits per heavy atom. The monoisotopic (exact) mass is 353 g/mol. The van der Waals surface area contributed by atoms with E-state index in [1.54, 1.807) is 0 Å². The zero-order chi connectivity index (χ0) is 16.9. The van der Waals surface area contributed by atoms with Crippen molar-refractivity contribution >= 4 is 12.4 Å². The van der Waals surface area contributed by atoms with E-state index < -0.39 is 0 Å². The Hall–Kier alpha value is -0.530. The number of rotatable bonds is 13.